The molecular weight excluding hydrogens is 220 g/mol. The maximum atomic E-state index is 11.1. The molecule has 2 aliphatic rings. The molecule has 2 unspecified atom stereocenters. The third-order valence-electron chi connectivity index (χ3n) is 5.23. The first-order chi connectivity index (χ1) is 8.71. The lowest BCUT2D eigenvalue weighted by molar-refractivity contribution is -0.0330. The van der Waals surface area contributed by atoms with Crippen molar-refractivity contribution in [2.24, 2.45) is 11.8 Å². The molecule has 0 heterocycles. The van der Waals surface area contributed by atoms with Gasteiger partial charge < -0.3 is 5.11 Å². The molecule has 1 heteroatoms. The van der Waals surface area contributed by atoms with Gasteiger partial charge in [-0.2, -0.15) is 0 Å². The van der Waals surface area contributed by atoms with Crippen LogP contribution in [0, 0.1) is 11.8 Å². The highest BCUT2D eigenvalue weighted by Gasteiger charge is 2.43. The van der Waals surface area contributed by atoms with Crippen molar-refractivity contribution >= 4 is 0 Å². The van der Waals surface area contributed by atoms with Gasteiger partial charge in [0.2, 0.25) is 0 Å². The third kappa shape index (κ3) is 2.09. The number of aliphatic hydroxyl groups is 1. The SMILES string of the molecule is CCC1CCCC(C2(O)Cc3ccccc3C2)C1. The molecule has 2 atom stereocenters. The molecule has 1 aromatic carbocycles. The topological polar surface area (TPSA) is 20.2 Å². The van der Waals surface area contributed by atoms with Crippen molar-refractivity contribution in [3.05, 3.63) is 35.4 Å². The average molecular weight is 244 g/mol. The minimum absolute atomic E-state index is 0.447. The summed E-state index contributed by atoms with van der Waals surface area (Å²) in [6.07, 6.45) is 8.17. The Bertz CT molecular complexity index is 398. The van der Waals surface area contributed by atoms with Crippen molar-refractivity contribution in [3.8, 4) is 0 Å². The van der Waals surface area contributed by atoms with Gasteiger partial charge in [-0.1, -0.05) is 50.5 Å². The second-order valence-electron chi connectivity index (χ2n) is 6.36. The molecule has 18 heavy (non-hydrogen) atoms. The molecular formula is C17H24O. The summed E-state index contributed by atoms with van der Waals surface area (Å²) in [6.45, 7) is 2.29. The van der Waals surface area contributed by atoms with E-state index >= 15 is 0 Å². The standard InChI is InChI=1S/C17H24O/c1-2-13-6-5-9-16(10-13)17(18)11-14-7-3-4-8-15(14)12-17/h3-4,7-8,13,16,18H,2,5-6,9-12H2,1H3. The summed E-state index contributed by atoms with van der Waals surface area (Å²) < 4.78 is 0. The predicted octanol–water partition coefficient (Wildman–Crippen LogP) is 3.73. The first-order valence-corrected chi connectivity index (χ1v) is 7.50. The Morgan fingerprint density at radius 3 is 2.44 bits per heavy atom. The van der Waals surface area contributed by atoms with Gasteiger partial charge in [0, 0.05) is 12.8 Å². The van der Waals surface area contributed by atoms with E-state index in [0.29, 0.717) is 5.92 Å². The van der Waals surface area contributed by atoms with Crippen LogP contribution in [-0.2, 0) is 12.8 Å². The molecule has 0 aliphatic heterocycles. The van der Waals surface area contributed by atoms with Crippen molar-refractivity contribution in [1.29, 1.82) is 0 Å². The lowest BCUT2D eigenvalue weighted by atomic mass is 9.71. The van der Waals surface area contributed by atoms with E-state index in [1.807, 2.05) is 0 Å². The predicted molar refractivity (Wildman–Crippen MR) is 74.5 cm³/mol. The minimum atomic E-state index is -0.447. The zero-order valence-electron chi connectivity index (χ0n) is 11.4. The second-order valence-corrected chi connectivity index (χ2v) is 6.36. The van der Waals surface area contributed by atoms with Crippen molar-refractivity contribution in [1.82, 2.24) is 0 Å². The van der Waals surface area contributed by atoms with Crippen LogP contribution < -0.4 is 0 Å². The molecule has 0 spiro atoms. The highest BCUT2D eigenvalue weighted by atomic mass is 16.3. The largest absolute Gasteiger partial charge is 0.389 e. The van der Waals surface area contributed by atoms with Crippen molar-refractivity contribution in [3.63, 3.8) is 0 Å². The maximum Gasteiger partial charge on any atom is 0.0756 e. The minimum Gasteiger partial charge on any atom is -0.389 e. The van der Waals surface area contributed by atoms with Crippen molar-refractivity contribution in [2.75, 3.05) is 0 Å². The molecule has 0 radical (unpaired) electrons. The van der Waals surface area contributed by atoms with Crippen LogP contribution in [0.4, 0.5) is 0 Å². The van der Waals surface area contributed by atoms with E-state index in [0.717, 1.165) is 18.8 Å². The fourth-order valence-corrected chi connectivity index (χ4v) is 4.06. The fraction of sp³-hybridized carbons (Fsp3) is 0.647. The van der Waals surface area contributed by atoms with Gasteiger partial charge in [-0.25, -0.2) is 0 Å². The first-order valence-electron chi connectivity index (χ1n) is 7.50. The lowest BCUT2D eigenvalue weighted by Crippen LogP contribution is -2.41. The fourth-order valence-electron chi connectivity index (χ4n) is 4.06. The number of hydrogen-bond acceptors (Lipinski definition) is 1. The second kappa shape index (κ2) is 4.70. The Labute approximate surface area is 110 Å². The van der Waals surface area contributed by atoms with Crippen LogP contribution in [0.2, 0.25) is 0 Å². The van der Waals surface area contributed by atoms with Gasteiger partial charge >= 0.3 is 0 Å². The maximum absolute atomic E-state index is 11.1. The summed E-state index contributed by atoms with van der Waals surface area (Å²) >= 11 is 0. The zero-order chi connectivity index (χ0) is 12.6. The zero-order valence-corrected chi connectivity index (χ0v) is 11.4. The summed E-state index contributed by atoms with van der Waals surface area (Å²) in [6, 6.07) is 8.57. The van der Waals surface area contributed by atoms with Gasteiger partial charge in [0.25, 0.3) is 0 Å². The van der Waals surface area contributed by atoms with Crippen LogP contribution >= 0.6 is 0 Å². The summed E-state index contributed by atoms with van der Waals surface area (Å²) in [7, 11) is 0. The van der Waals surface area contributed by atoms with Crippen molar-refractivity contribution < 1.29 is 5.11 Å². The Balaban J connectivity index is 1.77. The molecule has 3 rings (SSSR count). The molecule has 0 aromatic heterocycles. The Morgan fingerprint density at radius 2 is 1.83 bits per heavy atom. The van der Waals surface area contributed by atoms with Crippen LogP contribution in [-0.4, -0.2) is 10.7 Å². The van der Waals surface area contributed by atoms with Gasteiger partial charge in [-0.3, -0.25) is 0 Å². The summed E-state index contributed by atoms with van der Waals surface area (Å²) in [5.41, 5.74) is 2.30. The van der Waals surface area contributed by atoms with E-state index in [1.165, 1.54) is 43.2 Å². The van der Waals surface area contributed by atoms with E-state index < -0.39 is 5.60 Å². The molecule has 0 bridgehead atoms. The van der Waals surface area contributed by atoms with E-state index in [-0.39, 0.29) is 0 Å². The van der Waals surface area contributed by atoms with Gasteiger partial charge in [-0.05, 0) is 35.8 Å². The number of hydrogen-bond donors (Lipinski definition) is 1. The Kier molecular flexibility index (Phi) is 3.19. The van der Waals surface area contributed by atoms with Crippen LogP contribution in [0.25, 0.3) is 0 Å². The molecule has 1 saturated carbocycles. The lowest BCUT2D eigenvalue weighted by Gasteiger charge is -2.38. The quantitative estimate of drug-likeness (QED) is 0.840. The van der Waals surface area contributed by atoms with Gasteiger partial charge in [0.05, 0.1) is 5.60 Å². The Hall–Kier alpha value is -0.820. The third-order valence-corrected chi connectivity index (χ3v) is 5.23. The molecule has 2 aliphatic carbocycles. The van der Waals surface area contributed by atoms with E-state index in [1.54, 1.807) is 0 Å². The Morgan fingerprint density at radius 1 is 1.17 bits per heavy atom. The highest BCUT2D eigenvalue weighted by Crippen LogP contribution is 2.43. The van der Waals surface area contributed by atoms with Crippen LogP contribution in [0.5, 0.6) is 0 Å². The van der Waals surface area contributed by atoms with E-state index in [4.69, 9.17) is 0 Å². The van der Waals surface area contributed by atoms with E-state index in [2.05, 4.69) is 31.2 Å². The molecule has 1 nitrogen and oxygen atoms in total. The summed E-state index contributed by atoms with van der Waals surface area (Å²) in [5.74, 6) is 1.36. The molecule has 1 fully saturated rings. The molecule has 0 saturated heterocycles. The summed E-state index contributed by atoms with van der Waals surface area (Å²) in [4.78, 5) is 0. The molecule has 0 amide bonds. The normalized spacial score (nSPS) is 30.1. The summed E-state index contributed by atoms with van der Waals surface area (Å²) in [5, 5.41) is 11.1. The smallest absolute Gasteiger partial charge is 0.0756 e. The number of benzene rings is 1. The number of rotatable bonds is 2. The molecule has 98 valence electrons. The molecule has 1 aromatic rings. The monoisotopic (exact) mass is 244 g/mol. The van der Waals surface area contributed by atoms with Crippen LogP contribution in [0.3, 0.4) is 0 Å². The van der Waals surface area contributed by atoms with Gasteiger partial charge in [0.1, 0.15) is 0 Å². The van der Waals surface area contributed by atoms with Crippen molar-refractivity contribution in [2.45, 2.75) is 57.5 Å². The first kappa shape index (κ1) is 12.2. The van der Waals surface area contributed by atoms with Gasteiger partial charge in [0.15, 0.2) is 0 Å². The van der Waals surface area contributed by atoms with Crippen LogP contribution in [0.1, 0.15) is 50.2 Å². The average Bonchev–Trinajstić information content (AvgIpc) is 2.76. The van der Waals surface area contributed by atoms with Gasteiger partial charge in [-0.15, -0.1) is 0 Å². The highest BCUT2D eigenvalue weighted by molar-refractivity contribution is 5.35. The van der Waals surface area contributed by atoms with E-state index in [9.17, 15) is 5.11 Å². The molecule has 1 N–H and O–H groups in total. The van der Waals surface area contributed by atoms with Crippen LogP contribution in [0.15, 0.2) is 24.3 Å². The number of fused-ring (bicyclic) bond motifs is 1.